The molecule has 30 heavy (non-hydrogen) atoms. The zero-order chi connectivity index (χ0) is 20.9. The number of rotatable bonds is 9. The Bertz CT molecular complexity index is 1050. The third-order valence-corrected chi connectivity index (χ3v) is 8.19. The highest BCUT2D eigenvalue weighted by molar-refractivity contribution is 7.99. The summed E-state index contributed by atoms with van der Waals surface area (Å²) in [6, 6.07) is 8.27. The van der Waals surface area contributed by atoms with Crippen molar-refractivity contribution in [2.45, 2.75) is 83.2 Å². The lowest BCUT2D eigenvalue weighted by atomic mass is 9.97. The third-order valence-electron chi connectivity index (χ3n) is 5.98. The van der Waals surface area contributed by atoms with E-state index in [-0.39, 0.29) is 5.56 Å². The average molecular weight is 441 g/mol. The fourth-order valence-corrected chi connectivity index (χ4v) is 6.56. The Morgan fingerprint density at radius 3 is 2.57 bits per heavy atom. The molecule has 0 bridgehead atoms. The predicted molar refractivity (Wildman–Crippen MR) is 131 cm³/mol. The number of hydrogen-bond acceptors (Lipinski definition) is 4. The maximum absolute atomic E-state index is 13.7. The first-order chi connectivity index (χ1) is 14.7. The molecule has 0 fully saturated rings. The van der Waals surface area contributed by atoms with Crippen molar-refractivity contribution in [3.8, 4) is 5.69 Å². The van der Waals surface area contributed by atoms with E-state index in [2.05, 4.69) is 38.1 Å². The van der Waals surface area contributed by atoms with Crippen LogP contribution >= 0.6 is 23.1 Å². The third kappa shape index (κ3) is 4.67. The summed E-state index contributed by atoms with van der Waals surface area (Å²) >= 11 is 3.49. The minimum Gasteiger partial charge on any atom is -0.268 e. The Hall–Kier alpha value is -1.59. The highest BCUT2D eigenvalue weighted by atomic mass is 32.2. The number of thiophene rings is 1. The Morgan fingerprint density at radius 1 is 1.03 bits per heavy atom. The van der Waals surface area contributed by atoms with Crippen molar-refractivity contribution in [3.05, 3.63) is 50.6 Å². The molecule has 5 heteroatoms. The van der Waals surface area contributed by atoms with Crippen molar-refractivity contribution in [2.24, 2.45) is 0 Å². The van der Waals surface area contributed by atoms with Crippen LogP contribution in [0.1, 0.15) is 74.3 Å². The molecule has 3 aromatic rings. The van der Waals surface area contributed by atoms with E-state index in [0.717, 1.165) is 39.7 Å². The van der Waals surface area contributed by atoms with Gasteiger partial charge in [-0.1, -0.05) is 68.5 Å². The van der Waals surface area contributed by atoms with E-state index in [0.29, 0.717) is 0 Å². The molecule has 0 aliphatic heterocycles. The van der Waals surface area contributed by atoms with E-state index in [1.165, 1.54) is 67.4 Å². The first kappa shape index (κ1) is 21.6. The van der Waals surface area contributed by atoms with Gasteiger partial charge in [-0.15, -0.1) is 11.3 Å². The molecule has 0 spiro atoms. The number of benzene rings is 1. The van der Waals surface area contributed by atoms with Crippen molar-refractivity contribution in [1.82, 2.24) is 9.55 Å². The van der Waals surface area contributed by atoms with Crippen molar-refractivity contribution in [1.29, 1.82) is 0 Å². The second-order valence-electron chi connectivity index (χ2n) is 8.38. The number of fused-ring (bicyclic) bond motifs is 3. The molecule has 0 N–H and O–H groups in total. The second-order valence-corrected chi connectivity index (χ2v) is 10.5. The number of thioether (sulfide) groups is 1. The number of nitrogens with zero attached hydrogens (tertiary/aromatic N) is 2. The van der Waals surface area contributed by atoms with Crippen LogP contribution in [0.3, 0.4) is 0 Å². The van der Waals surface area contributed by atoms with Crippen molar-refractivity contribution < 1.29 is 0 Å². The van der Waals surface area contributed by atoms with Crippen LogP contribution in [0.4, 0.5) is 0 Å². The normalized spacial score (nSPS) is 13.7. The van der Waals surface area contributed by atoms with Crippen molar-refractivity contribution >= 4 is 33.3 Å². The van der Waals surface area contributed by atoms with Gasteiger partial charge in [0.25, 0.3) is 5.56 Å². The van der Waals surface area contributed by atoms with Crippen molar-refractivity contribution in [2.75, 3.05) is 5.75 Å². The smallest absolute Gasteiger partial charge is 0.267 e. The first-order valence-corrected chi connectivity index (χ1v) is 13.3. The molecule has 0 amide bonds. The van der Waals surface area contributed by atoms with Gasteiger partial charge in [0, 0.05) is 10.6 Å². The highest BCUT2D eigenvalue weighted by Gasteiger charge is 2.22. The number of aromatic nitrogens is 2. The maximum atomic E-state index is 13.7. The van der Waals surface area contributed by atoms with Crippen LogP contribution in [-0.2, 0) is 12.8 Å². The Balaban J connectivity index is 1.66. The van der Waals surface area contributed by atoms with Crippen LogP contribution in [0.15, 0.2) is 34.2 Å². The highest BCUT2D eigenvalue weighted by Crippen LogP contribution is 2.35. The number of aryl methyl sites for hydroxylation is 3. The minimum atomic E-state index is 0.119. The summed E-state index contributed by atoms with van der Waals surface area (Å²) in [4.78, 5) is 21.1. The molecule has 160 valence electrons. The van der Waals surface area contributed by atoms with Crippen LogP contribution in [0.2, 0.25) is 0 Å². The monoisotopic (exact) mass is 440 g/mol. The molecular weight excluding hydrogens is 408 g/mol. The molecule has 2 heterocycles. The van der Waals surface area contributed by atoms with Gasteiger partial charge in [-0.2, -0.15) is 0 Å². The molecule has 4 rings (SSSR count). The van der Waals surface area contributed by atoms with E-state index < -0.39 is 0 Å². The van der Waals surface area contributed by atoms with Crippen LogP contribution in [0, 0.1) is 6.92 Å². The molecule has 0 radical (unpaired) electrons. The predicted octanol–water partition coefficient (Wildman–Crippen LogP) is 7.09. The molecule has 0 atom stereocenters. The standard InChI is InChI=1S/C25H32N2OS2/c1-3-4-5-6-7-10-17-29-25-26-23-22(20-11-8-9-12-21(20)30-23)24(28)27(25)19-15-13-18(2)14-16-19/h13-16H,3-12,17H2,1-2H3. The molecule has 1 aromatic carbocycles. The van der Waals surface area contributed by atoms with Gasteiger partial charge in [0.2, 0.25) is 0 Å². The van der Waals surface area contributed by atoms with Gasteiger partial charge in [0.15, 0.2) is 5.16 Å². The molecule has 1 aliphatic carbocycles. The summed E-state index contributed by atoms with van der Waals surface area (Å²) in [5.74, 6) is 1.01. The Morgan fingerprint density at radius 2 is 1.77 bits per heavy atom. The summed E-state index contributed by atoms with van der Waals surface area (Å²) in [7, 11) is 0. The van der Waals surface area contributed by atoms with E-state index in [1.807, 2.05) is 4.57 Å². The summed E-state index contributed by atoms with van der Waals surface area (Å²) in [6.45, 7) is 4.34. The fourth-order valence-electron chi connectivity index (χ4n) is 4.25. The molecule has 3 nitrogen and oxygen atoms in total. The van der Waals surface area contributed by atoms with Gasteiger partial charge in [-0.05, 0) is 56.7 Å². The zero-order valence-corrected chi connectivity index (χ0v) is 19.8. The molecule has 1 aliphatic rings. The number of unbranched alkanes of at least 4 members (excludes halogenated alkanes) is 5. The summed E-state index contributed by atoms with van der Waals surface area (Å²) < 4.78 is 1.87. The van der Waals surface area contributed by atoms with E-state index >= 15 is 0 Å². The molecule has 2 aromatic heterocycles. The first-order valence-electron chi connectivity index (χ1n) is 11.5. The Labute approximate surface area is 187 Å². The molecular formula is C25H32N2OS2. The van der Waals surface area contributed by atoms with Gasteiger partial charge in [-0.25, -0.2) is 4.98 Å². The number of hydrogen-bond donors (Lipinski definition) is 0. The Kier molecular flexibility index (Phi) is 7.32. The van der Waals surface area contributed by atoms with Gasteiger partial charge in [-0.3, -0.25) is 9.36 Å². The van der Waals surface area contributed by atoms with Crippen LogP contribution in [0.25, 0.3) is 15.9 Å². The summed E-state index contributed by atoms with van der Waals surface area (Å²) in [5.41, 5.74) is 3.53. The lowest BCUT2D eigenvalue weighted by molar-refractivity contribution is 0.626. The SMILES string of the molecule is CCCCCCCCSc1nc2sc3c(c2c(=O)n1-c1ccc(C)cc1)CCCC3. The van der Waals surface area contributed by atoms with Crippen molar-refractivity contribution in [3.63, 3.8) is 0 Å². The van der Waals surface area contributed by atoms with Gasteiger partial charge in [0.1, 0.15) is 4.83 Å². The van der Waals surface area contributed by atoms with Crippen LogP contribution in [0.5, 0.6) is 0 Å². The van der Waals surface area contributed by atoms with Crippen LogP contribution in [-0.4, -0.2) is 15.3 Å². The maximum Gasteiger partial charge on any atom is 0.267 e. The topological polar surface area (TPSA) is 34.9 Å². The zero-order valence-electron chi connectivity index (χ0n) is 18.2. The minimum absolute atomic E-state index is 0.119. The molecule has 0 unspecified atom stereocenters. The lowest BCUT2D eigenvalue weighted by Crippen LogP contribution is -2.22. The van der Waals surface area contributed by atoms with E-state index in [1.54, 1.807) is 23.1 Å². The second kappa shape index (κ2) is 10.1. The van der Waals surface area contributed by atoms with Crippen LogP contribution < -0.4 is 5.56 Å². The van der Waals surface area contributed by atoms with E-state index in [9.17, 15) is 4.79 Å². The summed E-state index contributed by atoms with van der Waals surface area (Å²) in [5, 5.41) is 1.72. The molecule has 0 saturated heterocycles. The van der Waals surface area contributed by atoms with Gasteiger partial charge < -0.3 is 0 Å². The fraction of sp³-hybridized carbons (Fsp3) is 0.520. The van der Waals surface area contributed by atoms with E-state index in [4.69, 9.17) is 4.98 Å². The van der Waals surface area contributed by atoms with Gasteiger partial charge >= 0.3 is 0 Å². The lowest BCUT2D eigenvalue weighted by Gasteiger charge is -2.14. The molecule has 0 saturated carbocycles. The average Bonchev–Trinajstić information content (AvgIpc) is 3.13. The summed E-state index contributed by atoms with van der Waals surface area (Å²) in [6.07, 6.45) is 12.2. The largest absolute Gasteiger partial charge is 0.268 e. The van der Waals surface area contributed by atoms with Gasteiger partial charge in [0.05, 0.1) is 11.1 Å². The quantitative estimate of drug-likeness (QED) is 0.202.